The average Bonchev–Trinajstić information content (AvgIpc) is 2.45. The Kier molecular flexibility index (Phi) is 17.8. The van der Waals surface area contributed by atoms with Gasteiger partial charge in [-0.25, -0.2) is 18.9 Å². The number of hydrogen-bond acceptors (Lipinski definition) is 17. The van der Waals surface area contributed by atoms with Crippen molar-refractivity contribution < 1.29 is 60.9 Å². The van der Waals surface area contributed by atoms with Crippen molar-refractivity contribution in [1.29, 1.82) is 0 Å². The smallest absolute Gasteiger partial charge is 0.474 e. The molecule has 0 amide bonds. The Morgan fingerprint density at radius 1 is 0.529 bits per heavy atom. The molecule has 21 nitrogen and oxygen atoms in total. The highest BCUT2D eigenvalue weighted by Crippen LogP contribution is 2.53. The molecule has 8 aromatic rings. The third-order valence-electron chi connectivity index (χ3n) is 14.8. The number of rotatable bonds is 20. The van der Waals surface area contributed by atoms with Crippen molar-refractivity contribution in [1.82, 2.24) is 18.3 Å². The summed E-state index contributed by atoms with van der Waals surface area (Å²) >= 11 is 0. The van der Waals surface area contributed by atoms with Gasteiger partial charge in [0, 0.05) is 54.6 Å². The molecule has 2 aliphatic rings. The normalized spacial score (nSPS) is 19.2. The van der Waals surface area contributed by atoms with Crippen LogP contribution in [0.5, 0.6) is 11.5 Å². The van der Waals surface area contributed by atoms with Crippen LogP contribution >= 0.6 is 7.82 Å². The van der Waals surface area contributed by atoms with E-state index in [2.05, 4.69) is 0 Å². The number of benzene rings is 6. The summed E-state index contributed by atoms with van der Waals surface area (Å²) in [5.41, 5.74) is -2.85. The fourth-order valence-corrected chi connectivity index (χ4v) is 11.5. The van der Waals surface area contributed by atoms with Crippen LogP contribution < -0.4 is 32.0 Å². The van der Waals surface area contributed by atoms with E-state index in [1.165, 1.54) is 62.6 Å². The van der Waals surface area contributed by atoms with Gasteiger partial charge in [-0.2, -0.15) is 9.13 Å². The number of phosphoric ester groups is 1. The predicted octanol–water partition coefficient (Wildman–Crippen LogP) is 8.01. The molecule has 4 heterocycles. The Morgan fingerprint density at radius 3 is 1.36 bits per heavy atom. The molecule has 0 spiro atoms. The van der Waals surface area contributed by atoms with E-state index >= 15 is 4.57 Å². The minimum atomic E-state index is -4.84. The number of nitrogens with zero attached hydrogens (tertiary/aromatic N) is 4. The second-order valence-corrected chi connectivity index (χ2v) is 21.8. The lowest BCUT2D eigenvalue weighted by atomic mass is 9.80. The lowest BCUT2D eigenvalue weighted by Gasteiger charge is -2.37. The number of phosphoric acid groups is 1. The number of carbonyl (C=O) groups is 3. The van der Waals surface area contributed by atoms with Gasteiger partial charge in [-0.05, 0) is 91.2 Å². The first-order chi connectivity index (χ1) is 41.1. The zero-order valence-electron chi connectivity index (χ0n) is 46.8. The summed E-state index contributed by atoms with van der Waals surface area (Å²) in [5, 5.41) is 0. The number of carbonyl (C=O) groups excluding carboxylic acids is 3. The van der Waals surface area contributed by atoms with Crippen molar-refractivity contribution in [2.45, 2.75) is 69.2 Å². The van der Waals surface area contributed by atoms with E-state index in [1.54, 1.807) is 93.1 Å². The minimum absolute atomic E-state index is 0.0194. The highest BCUT2D eigenvalue weighted by atomic mass is 31.2. The van der Waals surface area contributed by atoms with E-state index in [-0.39, 0.29) is 47.3 Å². The molecule has 7 atom stereocenters. The van der Waals surface area contributed by atoms with E-state index in [1.807, 2.05) is 54.6 Å². The summed E-state index contributed by atoms with van der Waals surface area (Å²) in [5.74, 6) is -1.39. The molecule has 438 valence electrons. The van der Waals surface area contributed by atoms with Crippen molar-refractivity contribution in [3.63, 3.8) is 0 Å². The molecule has 0 saturated carbocycles. The Bertz CT molecular complexity index is 3960. The maximum absolute atomic E-state index is 15.2. The third kappa shape index (κ3) is 12.2. The van der Waals surface area contributed by atoms with Crippen molar-refractivity contribution in [2.24, 2.45) is 0 Å². The number of hydrogen-bond donors (Lipinski definition) is 0. The maximum atomic E-state index is 15.2. The van der Waals surface area contributed by atoms with Crippen LogP contribution in [0.2, 0.25) is 0 Å². The molecule has 10 rings (SSSR count). The fourth-order valence-electron chi connectivity index (χ4n) is 10.4. The van der Waals surface area contributed by atoms with Gasteiger partial charge in [0.2, 0.25) is 0 Å². The number of aryl methyl sites for hydroxylation is 2. The lowest BCUT2D eigenvalue weighted by Crippen LogP contribution is -2.45. The average molecular weight is 1180 g/mol. The molecule has 2 fully saturated rings. The summed E-state index contributed by atoms with van der Waals surface area (Å²) < 4.78 is 73.8. The zero-order chi connectivity index (χ0) is 60.0. The van der Waals surface area contributed by atoms with E-state index in [9.17, 15) is 33.6 Å². The Morgan fingerprint density at radius 2 is 0.929 bits per heavy atom. The molecule has 0 radical (unpaired) electrons. The van der Waals surface area contributed by atoms with Crippen LogP contribution in [0.4, 0.5) is 0 Å². The summed E-state index contributed by atoms with van der Waals surface area (Å²) in [4.78, 5) is 97.2. The van der Waals surface area contributed by atoms with Gasteiger partial charge < -0.3 is 28.4 Å². The molecule has 85 heavy (non-hydrogen) atoms. The molecular weight excluding hydrogens is 1120 g/mol. The van der Waals surface area contributed by atoms with Crippen molar-refractivity contribution in [3.8, 4) is 11.5 Å². The number of methoxy groups -OCH3 is 2. The molecule has 2 aliphatic heterocycles. The molecule has 0 aliphatic carbocycles. The second-order valence-electron chi connectivity index (χ2n) is 20.1. The van der Waals surface area contributed by atoms with Crippen molar-refractivity contribution in [2.75, 3.05) is 34.5 Å². The van der Waals surface area contributed by atoms with Gasteiger partial charge in [-0.1, -0.05) is 109 Å². The molecule has 22 heteroatoms. The zero-order valence-corrected chi connectivity index (χ0v) is 47.7. The standard InChI is InChI=1S/C63H59N4O17P/c1-40-36-64(61(73)66(56(40)68)58(70)42-18-10-6-11-19-42)54-34-50(83-60(72)44-22-14-8-15-23-44)53(82-54)39-80-85(75,78-5)84-51-35-55(65-37-41(2)57(69)67(62(65)74)59(71)43-20-12-7-13-21-43)81-52(51)38-79-63(45-24-16-9-17-25-45,46-26-30-48(76-3)31-27-46)47-28-32-49(77-4)33-29-47/h6-33,36-37,50-55H,34-35,38-39H2,1-5H3/t50-,51-,52+,53+,54+,55+,85?/m0/s1. The summed E-state index contributed by atoms with van der Waals surface area (Å²) in [6.45, 7) is 1.84. The van der Waals surface area contributed by atoms with Gasteiger partial charge in [-0.15, -0.1) is 0 Å². The van der Waals surface area contributed by atoms with E-state index in [4.69, 9.17) is 42.0 Å². The van der Waals surface area contributed by atoms with Gasteiger partial charge in [0.15, 0.2) is 0 Å². The van der Waals surface area contributed by atoms with Gasteiger partial charge in [0.25, 0.3) is 22.9 Å². The number of esters is 1. The fraction of sp³-hybridized carbons (Fsp3) is 0.254. The van der Waals surface area contributed by atoms with Crippen LogP contribution in [0.3, 0.4) is 0 Å². The van der Waals surface area contributed by atoms with Crippen LogP contribution in [-0.4, -0.2) is 95.0 Å². The Labute approximate surface area is 486 Å². The summed E-state index contributed by atoms with van der Waals surface area (Å²) in [6, 6.07) is 47.5. The van der Waals surface area contributed by atoms with Crippen LogP contribution in [0, 0.1) is 13.8 Å². The second kappa shape index (κ2) is 25.5. The largest absolute Gasteiger partial charge is 0.497 e. The predicted molar refractivity (Wildman–Crippen MR) is 308 cm³/mol. The lowest BCUT2D eigenvalue weighted by molar-refractivity contribution is -0.0959. The van der Waals surface area contributed by atoms with Crippen LogP contribution in [-0.2, 0) is 42.7 Å². The monoisotopic (exact) mass is 1170 g/mol. The maximum Gasteiger partial charge on any atom is 0.474 e. The van der Waals surface area contributed by atoms with Gasteiger partial charge in [-0.3, -0.25) is 41.9 Å². The molecule has 0 N–H and O–H groups in total. The van der Waals surface area contributed by atoms with Gasteiger partial charge >= 0.3 is 25.2 Å². The Hall–Kier alpha value is -8.92. The number of aromatic nitrogens is 4. The van der Waals surface area contributed by atoms with Gasteiger partial charge in [0.05, 0.1) is 33.0 Å². The first-order valence-electron chi connectivity index (χ1n) is 27.0. The molecule has 2 saturated heterocycles. The van der Waals surface area contributed by atoms with Crippen LogP contribution in [0.1, 0.15) is 84.2 Å². The first-order valence-corrected chi connectivity index (χ1v) is 28.5. The number of ether oxygens (including phenoxy) is 6. The van der Waals surface area contributed by atoms with E-state index in [0.717, 1.165) is 16.2 Å². The molecule has 2 aromatic heterocycles. The SMILES string of the molecule is COc1ccc(C(OC[C@H]2O[C@@H](n3cc(C)c(=O)n(C(=O)c4ccccc4)c3=O)C[C@@H]2OP(=O)(OC)OC[C@H]2O[C@@H](n3cc(C)c(=O)n(C(=O)c4ccccc4)c3=O)C[C@@H]2OC(=O)c2ccccc2)(c2ccccc2)c2ccc(OC)cc2)cc1. The highest BCUT2D eigenvalue weighted by Gasteiger charge is 2.48. The quantitative estimate of drug-likeness (QED) is 0.0399. The van der Waals surface area contributed by atoms with Crippen molar-refractivity contribution in [3.05, 3.63) is 268 Å². The van der Waals surface area contributed by atoms with Crippen LogP contribution in [0.15, 0.2) is 201 Å². The summed E-state index contributed by atoms with van der Waals surface area (Å²) in [6.07, 6.45) is -5.68. The molecule has 0 bridgehead atoms. The highest BCUT2D eigenvalue weighted by molar-refractivity contribution is 7.48. The van der Waals surface area contributed by atoms with Crippen molar-refractivity contribution >= 4 is 25.6 Å². The van der Waals surface area contributed by atoms with Crippen LogP contribution in [0.25, 0.3) is 0 Å². The Balaban J connectivity index is 1.01. The molecule has 6 aromatic carbocycles. The summed E-state index contributed by atoms with van der Waals surface area (Å²) in [7, 11) is -0.662. The topological polar surface area (TPSA) is 239 Å². The molecule has 1 unspecified atom stereocenters. The van der Waals surface area contributed by atoms with E-state index in [0.29, 0.717) is 37.3 Å². The van der Waals surface area contributed by atoms with E-state index < -0.39 is 97.2 Å². The first kappa shape index (κ1) is 59.2. The third-order valence-corrected chi connectivity index (χ3v) is 16.2. The molecular formula is C63H59N4O17P. The minimum Gasteiger partial charge on any atom is -0.497 e. The van der Waals surface area contributed by atoms with Gasteiger partial charge in [0.1, 0.15) is 54.0 Å².